The minimum Gasteiger partial charge on any atom is -0.508 e. The van der Waals surface area contributed by atoms with Gasteiger partial charge in [-0.3, -0.25) is 0 Å². The molecule has 1 aromatic carbocycles. The van der Waals surface area contributed by atoms with Crippen molar-refractivity contribution in [3.63, 3.8) is 0 Å². The standard InChI is InChI=1S/C18H22N2O3/c1-18-7-6-13-12-5-3-11(21)8-10(12)2-4-14(13)15(18)9-16(19-22)17(18)20-23/h3,5,8,13-15,21-23H,2,4,6-7,9H2,1H3. The van der Waals surface area contributed by atoms with Crippen LogP contribution in [-0.4, -0.2) is 26.9 Å². The van der Waals surface area contributed by atoms with E-state index in [1.165, 1.54) is 11.1 Å². The zero-order valence-corrected chi connectivity index (χ0v) is 13.2. The van der Waals surface area contributed by atoms with E-state index in [2.05, 4.69) is 23.3 Å². The van der Waals surface area contributed by atoms with Crippen LogP contribution in [0.2, 0.25) is 0 Å². The summed E-state index contributed by atoms with van der Waals surface area (Å²) in [6, 6.07) is 5.75. The summed E-state index contributed by atoms with van der Waals surface area (Å²) in [7, 11) is 0. The molecule has 5 nitrogen and oxygen atoms in total. The van der Waals surface area contributed by atoms with Crippen molar-refractivity contribution in [2.24, 2.45) is 27.6 Å². The van der Waals surface area contributed by atoms with Gasteiger partial charge in [-0.15, -0.1) is 0 Å². The molecular formula is C18H22N2O3. The Morgan fingerprint density at radius 3 is 2.74 bits per heavy atom. The molecule has 23 heavy (non-hydrogen) atoms. The predicted octanol–water partition coefficient (Wildman–Crippen LogP) is 3.52. The summed E-state index contributed by atoms with van der Waals surface area (Å²) in [5, 5.41) is 35.3. The van der Waals surface area contributed by atoms with Gasteiger partial charge in [-0.1, -0.05) is 23.3 Å². The zero-order valence-electron chi connectivity index (χ0n) is 13.2. The number of hydrogen-bond acceptors (Lipinski definition) is 5. The molecule has 0 heterocycles. The summed E-state index contributed by atoms with van der Waals surface area (Å²) in [5.74, 6) is 1.67. The van der Waals surface area contributed by atoms with E-state index in [1.807, 2.05) is 6.07 Å². The Balaban J connectivity index is 1.74. The molecule has 122 valence electrons. The monoisotopic (exact) mass is 314 g/mol. The second kappa shape index (κ2) is 4.98. The van der Waals surface area contributed by atoms with Crippen LogP contribution in [0.4, 0.5) is 0 Å². The quantitative estimate of drug-likeness (QED) is 0.506. The molecule has 4 rings (SSSR count). The third kappa shape index (κ3) is 1.92. The van der Waals surface area contributed by atoms with Crippen molar-refractivity contribution in [1.29, 1.82) is 0 Å². The van der Waals surface area contributed by atoms with Gasteiger partial charge in [0.25, 0.3) is 0 Å². The number of phenolic OH excluding ortho intramolecular Hbond substituents is 1. The van der Waals surface area contributed by atoms with Crippen LogP contribution in [0.5, 0.6) is 5.75 Å². The fourth-order valence-corrected chi connectivity index (χ4v) is 5.45. The lowest BCUT2D eigenvalue weighted by Crippen LogP contribution is -2.42. The first-order valence-corrected chi connectivity index (χ1v) is 8.34. The van der Waals surface area contributed by atoms with E-state index in [0.29, 0.717) is 41.3 Å². The summed E-state index contributed by atoms with van der Waals surface area (Å²) >= 11 is 0. The fraction of sp³-hybridized carbons (Fsp3) is 0.556. The van der Waals surface area contributed by atoms with Crippen LogP contribution >= 0.6 is 0 Å². The van der Waals surface area contributed by atoms with Crippen molar-refractivity contribution >= 4 is 11.4 Å². The molecule has 3 N–H and O–H groups in total. The lowest BCUT2D eigenvalue weighted by molar-refractivity contribution is 0.0963. The van der Waals surface area contributed by atoms with Crippen LogP contribution in [-0.2, 0) is 6.42 Å². The van der Waals surface area contributed by atoms with Crippen molar-refractivity contribution in [2.75, 3.05) is 0 Å². The van der Waals surface area contributed by atoms with Crippen molar-refractivity contribution < 1.29 is 15.5 Å². The number of fused-ring (bicyclic) bond motifs is 5. The van der Waals surface area contributed by atoms with E-state index in [1.54, 1.807) is 6.07 Å². The highest BCUT2D eigenvalue weighted by Gasteiger charge is 2.56. The van der Waals surface area contributed by atoms with Gasteiger partial charge in [0.05, 0.1) is 0 Å². The maximum Gasteiger partial charge on any atom is 0.115 e. The summed E-state index contributed by atoms with van der Waals surface area (Å²) in [4.78, 5) is 0. The number of nitrogens with zero attached hydrogens (tertiary/aromatic N) is 2. The molecule has 0 aromatic heterocycles. The lowest BCUT2D eigenvalue weighted by Gasteiger charge is -2.48. The van der Waals surface area contributed by atoms with E-state index in [9.17, 15) is 15.5 Å². The minimum absolute atomic E-state index is 0.202. The van der Waals surface area contributed by atoms with Crippen molar-refractivity contribution in [2.45, 2.75) is 44.9 Å². The highest BCUT2D eigenvalue weighted by atomic mass is 16.4. The SMILES string of the molecule is CC12CCC3c4ccc(O)cc4CCC3C1CC(=NO)C2=NO. The van der Waals surface area contributed by atoms with Crippen LogP contribution in [0.15, 0.2) is 28.5 Å². The van der Waals surface area contributed by atoms with Gasteiger partial charge in [-0.2, -0.15) is 0 Å². The van der Waals surface area contributed by atoms with Crippen molar-refractivity contribution in [3.8, 4) is 5.75 Å². The topological polar surface area (TPSA) is 85.4 Å². The predicted molar refractivity (Wildman–Crippen MR) is 86.5 cm³/mol. The molecule has 0 spiro atoms. The van der Waals surface area contributed by atoms with E-state index >= 15 is 0 Å². The number of aryl methyl sites for hydroxylation is 1. The van der Waals surface area contributed by atoms with Gasteiger partial charge in [0.2, 0.25) is 0 Å². The molecule has 4 unspecified atom stereocenters. The first-order valence-electron chi connectivity index (χ1n) is 8.34. The average molecular weight is 314 g/mol. The first-order chi connectivity index (χ1) is 11.1. The van der Waals surface area contributed by atoms with Crippen molar-refractivity contribution in [1.82, 2.24) is 0 Å². The third-order valence-corrected chi connectivity index (χ3v) is 6.55. The maximum absolute atomic E-state index is 9.72. The molecule has 2 saturated carbocycles. The average Bonchev–Trinajstić information content (AvgIpc) is 2.85. The Morgan fingerprint density at radius 1 is 1.17 bits per heavy atom. The number of oxime groups is 2. The molecule has 0 aliphatic heterocycles. The van der Waals surface area contributed by atoms with Gasteiger partial charge < -0.3 is 15.5 Å². The molecule has 0 radical (unpaired) electrons. The molecular weight excluding hydrogens is 292 g/mol. The van der Waals surface area contributed by atoms with Gasteiger partial charge in [-0.25, -0.2) is 0 Å². The third-order valence-electron chi connectivity index (χ3n) is 6.55. The smallest absolute Gasteiger partial charge is 0.115 e. The largest absolute Gasteiger partial charge is 0.508 e. The van der Waals surface area contributed by atoms with Gasteiger partial charge in [0.1, 0.15) is 17.2 Å². The van der Waals surface area contributed by atoms with Gasteiger partial charge in [0, 0.05) is 5.41 Å². The maximum atomic E-state index is 9.72. The van der Waals surface area contributed by atoms with E-state index in [-0.39, 0.29) is 5.41 Å². The molecule has 3 aliphatic carbocycles. The number of aromatic hydroxyl groups is 1. The lowest BCUT2D eigenvalue weighted by atomic mass is 9.55. The Bertz CT molecular complexity index is 712. The van der Waals surface area contributed by atoms with Crippen LogP contribution in [0.1, 0.15) is 49.7 Å². The molecule has 4 atom stereocenters. The Kier molecular flexibility index (Phi) is 3.15. The van der Waals surface area contributed by atoms with E-state index in [0.717, 1.165) is 25.7 Å². The summed E-state index contributed by atoms with van der Waals surface area (Å²) in [6.07, 6.45) is 4.68. The number of phenols is 1. The van der Waals surface area contributed by atoms with E-state index < -0.39 is 0 Å². The van der Waals surface area contributed by atoms with Crippen LogP contribution in [0.3, 0.4) is 0 Å². The summed E-state index contributed by atoms with van der Waals surface area (Å²) in [5.41, 5.74) is 3.53. The highest BCUT2D eigenvalue weighted by molar-refractivity contribution is 6.46. The molecule has 0 bridgehead atoms. The summed E-state index contributed by atoms with van der Waals surface area (Å²) < 4.78 is 0. The van der Waals surface area contributed by atoms with Gasteiger partial charge in [-0.05, 0) is 73.1 Å². The van der Waals surface area contributed by atoms with Crippen LogP contribution < -0.4 is 0 Å². The molecule has 5 heteroatoms. The van der Waals surface area contributed by atoms with E-state index in [4.69, 9.17) is 0 Å². The number of rotatable bonds is 0. The molecule has 1 aromatic rings. The molecule has 2 fully saturated rings. The first kappa shape index (κ1) is 14.5. The molecule has 0 saturated heterocycles. The summed E-state index contributed by atoms with van der Waals surface area (Å²) in [6.45, 7) is 2.15. The Labute approximate surface area is 135 Å². The second-order valence-electron chi connectivity index (χ2n) is 7.45. The van der Waals surface area contributed by atoms with Crippen LogP contribution in [0.25, 0.3) is 0 Å². The number of benzene rings is 1. The highest BCUT2D eigenvalue weighted by Crippen LogP contribution is 2.59. The van der Waals surface area contributed by atoms with Gasteiger partial charge >= 0.3 is 0 Å². The van der Waals surface area contributed by atoms with Crippen molar-refractivity contribution in [3.05, 3.63) is 29.3 Å². The Hall–Kier alpha value is -2.04. The zero-order chi connectivity index (χ0) is 16.2. The second-order valence-corrected chi connectivity index (χ2v) is 7.45. The van der Waals surface area contributed by atoms with Gasteiger partial charge in [0.15, 0.2) is 0 Å². The van der Waals surface area contributed by atoms with Crippen LogP contribution in [0, 0.1) is 17.3 Å². The Morgan fingerprint density at radius 2 is 2.00 bits per heavy atom. The minimum atomic E-state index is -0.202. The fourth-order valence-electron chi connectivity index (χ4n) is 5.45. The number of hydrogen-bond donors (Lipinski definition) is 3. The normalized spacial score (nSPS) is 39.1. The molecule has 3 aliphatic rings. The molecule has 0 amide bonds.